The molecule has 0 bridgehead atoms. The van der Waals surface area contributed by atoms with Gasteiger partial charge in [-0.1, -0.05) is 0 Å². The average Bonchev–Trinajstić information content (AvgIpc) is 2.32. The zero-order chi connectivity index (χ0) is 13.0. The Bertz CT molecular complexity index is 482. The summed E-state index contributed by atoms with van der Waals surface area (Å²) in [6, 6.07) is 3.38. The Morgan fingerprint density at radius 3 is 2.59 bits per heavy atom. The van der Waals surface area contributed by atoms with E-state index in [1.807, 2.05) is 6.07 Å². The summed E-state index contributed by atoms with van der Waals surface area (Å²) in [5.41, 5.74) is -0.552. The lowest BCUT2D eigenvalue weighted by Gasteiger charge is -2.15. The Hall–Kier alpha value is -2.03. The number of carbonyl (C=O) groups excluding carboxylic acids is 1. The van der Waals surface area contributed by atoms with Gasteiger partial charge in [0.05, 0.1) is 18.1 Å². The van der Waals surface area contributed by atoms with Crippen molar-refractivity contribution in [1.82, 2.24) is 4.90 Å². The Labute approximate surface area is 96.1 Å². The summed E-state index contributed by atoms with van der Waals surface area (Å²) in [5.74, 6) is -5.33. The minimum absolute atomic E-state index is 0.0769. The van der Waals surface area contributed by atoms with E-state index in [0.717, 1.165) is 11.0 Å². The topological polar surface area (TPSA) is 44.1 Å². The maximum absolute atomic E-state index is 13.3. The average molecular weight is 242 g/mol. The number of halogens is 3. The van der Waals surface area contributed by atoms with E-state index in [0.29, 0.717) is 6.07 Å². The molecule has 0 aliphatic rings. The highest BCUT2D eigenvalue weighted by atomic mass is 19.2. The molecule has 0 saturated heterocycles. The molecule has 17 heavy (non-hydrogen) atoms. The van der Waals surface area contributed by atoms with Crippen LogP contribution < -0.4 is 0 Å². The molecule has 3 nitrogen and oxygen atoms in total. The van der Waals surface area contributed by atoms with Crippen LogP contribution in [0.25, 0.3) is 0 Å². The van der Waals surface area contributed by atoms with Crippen LogP contribution >= 0.6 is 0 Å². The van der Waals surface area contributed by atoms with Crippen LogP contribution in [0.4, 0.5) is 13.2 Å². The molecule has 90 valence electrons. The molecule has 0 N–H and O–H groups in total. The van der Waals surface area contributed by atoms with Crippen molar-refractivity contribution in [2.75, 3.05) is 13.6 Å². The monoisotopic (exact) mass is 242 g/mol. The summed E-state index contributed by atoms with van der Waals surface area (Å²) in [4.78, 5) is 12.7. The molecule has 0 saturated carbocycles. The number of amides is 1. The highest BCUT2D eigenvalue weighted by Crippen LogP contribution is 2.16. The lowest BCUT2D eigenvalue weighted by molar-refractivity contribution is 0.0792. The SMILES string of the molecule is CN(CCC#N)C(=O)c1ccc(F)c(F)c1F. The quantitative estimate of drug-likeness (QED) is 0.762. The van der Waals surface area contributed by atoms with Crippen molar-refractivity contribution in [3.05, 3.63) is 35.1 Å². The number of nitriles is 1. The number of rotatable bonds is 3. The largest absolute Gasteiger partial charge is 0.341 e. The van der Waals surface area contributed by atoms with E-state index in [1.165, 1.54) is 7.05 Å². The molecule has 1 amide bonds. The van der Waals surface area contributed by atoms with Crippen molar-refractivity contribution in [2.45, 2.75) is 6.42 Å². The van der Waals surface area contributed by atoms with Gasteiger partial charge >= 0.3 is 0 Å². The van der Waals surface area contributed by atoms with Crippen LogP contribution in [0.3, 0.4) is 0 Å². The summed E-state index contributed by atoms with van der Waals surface area (Å²) < 4.78 is 38.8. The molecular formula is C11H9F3N2O. The molecule has 0 atom stereocenters. The molecule has 0 unspecified atom stereocenters. The van der Waals surface area contributed by atoms with Crippen LogP contribution in [0.5, 0.6) is 0 Å². The van der Waals surface area contributed by atoms with Gasteiger partial charge in [0, 0.05) is 13.6 Å². The fraction of sp³-hybridized carbons (Fsp3) is 0.273. The van der Waals surface area contributed by atoms with Gasteiger partial charge in [0.2, 0.25) is 0 Å². The molecular weight excluding hydrogens is 233 g/mol. The van der Waals surface area contributed by atoms with Gasteiger partial charge in [0.1, 0.15) is 0 Å². The van der Waals surface area contributed by atoms with Gasteiger partial charge in [-0.15, -0.1) is 0 Å². The number of carbonyl (C=O) groups is 1. The van der Waals surface area contributed by atoms with E-state index < -0.39 is 28.9 Å². The third-order valence-electron chi connectivity index (χ3n) is 2.17. The molecule has 1 aromatic rings. The lowest BCUT2D eigenvalue weighted by atomic mass is 10.1. The fourth-order valence-electron chi connectivity index (χ4n) is 1.22. The van der Waals surface area contributed by atoms with E-state index >= 15 is 0 Å². The van der Waals surface area contributed by atoms with Crippen molar-refractivity contribution < 1.29 is 18.0 Å². The molecule has 0 aliphatic carbocycles. The second kappa shape index (κ2) is 5.34. The summed E-state index contributed by atoms with van der Waals surface area (Å²) in [7, 11) is 1.35. The standard InChI is InChI=1S/C11H9F3N2O/c1-16(6-2-5-15)11(17)7-3-4-8(12)10(14)9(7)13/h3-4H,2,6H2,1H3. The molecule has 0 aliphatic heterocycles. The molecule has 1 aromatic carbocycles. The van der Waals surface area contributed by atoms with Crippen molar-refractivity contribution in [3.63, 3.8) is 0 Å². The summed E-state index contributed by atoms with van der Waals surface area (Å²) in [6.45, 7) is 0.0910. The number of hydrogen-bond acceptors (Lipinski definition) is 2. The second-order valence-electron chi connectivity index (χ2n) is 3.36. The van der Waals surface area contributed by atoms with E-state index in [-0.39, 0.29) is 13.0 Å². The Kier molecular flexibility index (Phi) is 4.10. The lowest BCUT2D eigenvalue weighted by Crippen LogP contribution is -2.28. The van der Waals surface area contributed by atoms with Crippen LogP contribution in [0.2, 0.25) is 0 Å². The van der Waals surface area contributed by atoms with Crippen molar-refractivity contribution in [3.8, 4) is 6.07 Å². The van der Waals surface area contributed by atoms with Gasteiger partial charge in [0.25, 0.3) is 5.91 Å². The van der Waals surface area contributed by atoms with E-state index in [4.69, 9.17) is 5.26 Å². The summed E-state index contributed by atoms with van der Waals surface area (Å²) >= 11 is 0. The first-order valence-electron chi connectivity index (χ1n) is 4.75. The Morgan fingerprint density at radius 1 is 1.35 bits per heavy atom. The number of benzene rings is 1. The van der Waals surface area contributed by atoms with Gasteiger partial charge in [-0.2, -0.15) is 5.26 Å². The molecule has 0 fully saturated rings. The van der Waals surface area contributed by atoms with Crippen LogP contribution in [-0.4, -0.2) is 24.4 Å². The molecule has 1 rings (SSSR count). The Balaban J connectivity index is 2.98. The molecule has 0 aromatic heterocycles. The van der Waals surface area contributed by atoms with E-state index in [9.17, 15) is 18.0 Å². The summed E-state index contributed by atoms with van der Waals surface area (Å²) in [5, 5.41) is 8.33. The molecule has 0 spiro atoms. The van der Waals surface area contributed by atoms with Gasteiger partial charge < -0.3 is 4.90 Å². The third-order valence-corrected chi connectivity index (χ3v) is 2.17. The number of nitrogens with zero attached hydrogens (tertiary/aromatic N) is 2. The first-order chi connectivity index (χ1) is 7.99. The minimum atomic E-state index is -1.68. The zero-order valence-corrected chi connectivity index (χ0v) is 9.01. The maximum atomic E-state index is 13.3. The van der Waals surface area contributed by atoms with Crippen LogP contribution in [0, 0.1) is 28.8 Å². The van der Waals surface area contributed by atoms with Crippen LogP contribution in [0.15, 0.2) is 12.1 Å². The third kappa shape index (κ3) is 2.75. The predicted molar refractivity (Wildman–Crippen MR) is 53.5 cm³/mol. The van der Waals surface area contributed by atoms with Gasteiger partial charge in [-0.05, 0) is 12.1 Å². The first kappa shape index (κ1) is 13.0. The minimum Gasteiger partial charge on any atom is -0.341 e. The van der Waals surface area contributed by atoms with Gasteiger partial charge in [0.15, 0.2) is 17.5 Å². The maximum Gasteiger partial charge on any atom is 0.256 e. The van der Waals surface area contributed by atoms with E-state index in [2.05, 4.69) is 0 Å². The number of hydrogen-bond donors (Lipinski definition) is 0. The molecule has 0 radical (unpaired) electrons. The smallest absolute Gasteiger partial charge is 0.256 e. The van der Waals surface area contributed by atoms with Gasteiger partial charge in [-0.25, -0.2) is 13.2 Å². The van der Waals surface area contributed by atoms with Crippen LogP contribution in [0.1, 0.15) is 16.8 Å². The molecule has 0 heterocycles. The second-order valence-corrected chi connectivity index (χ2v) is 3.36. The molecule has 6 heteroatoms. The zero-order valence-electron chi connectivity index (χ0n) is 9.01. The van der Waals surface area contributed by atoms with Gasteiger partial charge in [-0.3, -0.25) is 4.79 Å². The van der Waals surface area contributed by atoms with Crippen molar-refractivity contribution in [2.24, 2.45) is 0 Å². The normalized spacial score (nSPS) is 9.82. The predicted octanol–water partition coefficient (Wildman–Crippen LogP) is 2.09. The van der Waals surface area contributed by atoms with Crippen molar-refractivity contribution in [1.29, 1.82) is 5.26 Å². The fourth-order valence-corrected chi connectivity index (χ4v) is 1.22. The highest BCUT2D eigenvalue weighted by Gasteiger charge is 2.21. The summed E-state index contributed by atoms with van der Waals surface area (Å²) in [6.07, 6.45) is 0.0769. The first-order valence-corrected chi connectivity index (χ1v) is 4.75. The van der Waals surface area contributed by atoms with Crippen molar-refractivity contribution >= 4 is 5.91 Å². The van der Waals surface area contributed by atoms with Crippen LogP contribution in [-0.2, 0) is 0 Å². The van der Waals surface area contributed by atoms with E-state index in [1.54, 1.807) is 0 Å². The Morgan fingerprint density at radius 2 is 2.00 bits per heavy atom. The highest BCUT2D eigenvalue weighted by molar-refractivity contribution is 5.94.